The summed E-state index contributed by atoms with van der Waals surface area (Å²) in [6.07, 6.45) is 3.61. The van der Waals surface area contributed by atoms with E-state index in [9.17, 15) is 0 Å². The smallest absolute Gasteiger partial charge is 0.214 e. The Hall–Kier alpha value is -2.27. The Balaban J connectivity index is 1.36. The molecule has 0 saturated carbocycles. The molecule has 4 heterocycles. The number of imidazole rings is 1. The van der Waals surface area contributed by atoms with Crippen LogP contribution in [0.4, 0.5) is 5.13 Å². The summed E-state index contributed by atoms with van der Waals surface area (Å²) in [4.78, 5) is 12.0. The quantitative estimate of drug-likeness (QED) is 0.539. The first-order valence-electron chi connectivity index (χ1n) is 9.30. The molecule has 1 saturated heterocycles. The molecular formula is C18H24N6O3S. The third kappa shape index (κ3) is 4.58. The normalized spacial score (nSPS) is 15.2. The van der Waals surface area contributed by atoms with Crippen LogP contribution in [-0.4, -0.2) is 84.2 Å². The standard InChI is InChI=1S/C18H24N6O3S/c1-25-8-4-19-17-22-24-15(13-21-18(24)28-17)14-2-3-16(20-12-14)27-11-7-23-5-9-26-10-6-23/h2-3,12-13H,4-11H2,1H3,(H,19,22). The number of morpholine rings is 1. The number of anilines is 1. The topological polar surface area (TPSA) is 86.0 Å². The first-order chi connectivity index (χ1) is 13.8. The van der Waals surface area contributed by atoms with Gasteiger partial charge in [0.15, 0.2) is 0 Å². The van der Waals surface area contributed by atoms with Gasteiger partial charge in [0, 0.05) is 51.1 Å². The summed E-state index contributed by atoms with van der Waals surface area (Å²) in [5.41, 5.74) is 1.85. The largest absolute Gasteiger partial charge is 0.476 e. The van der Waals surface area contributed by atoms with Crippen LogP contribution in [0.25, 0.3) is 16.2 Å². The lowest BCUT2D eigenvalue weighted by atomic mass is 10.2. The van der Waals surface area contributed by atoms with Crippen LogP contribution in [0.5, 0.6) is 5.88 Å². The van der Waals surface area contributed by atoms with Crippen molar-refractivity contribution in [3.8, 4) is 17.1 Å². The number of pyridine rings is 1. The second-order valence-electron chi connectivity index (χ2n) is 6.35. The van der Waals surface area contributed by atoms with Gasteiger partial charge in [0.1, 0.15) is 6.61 Å². The molecule has 10 heteroatoms. The molecule has 0 aliphatic carbocycles. The van der Waals surface area contributed by atoms with Gasteiger partial charge in [0.05, 0.1) is 31.7 Å². The predicted molar refractivity (Wildman–Crippen MR) is 107 cm³/mol. The minimum absolute atomic E-state index is 0.617. The Morgan fingerprint density at radius 3 is 2.86 bits per heavy atom. The van der Waals surface area contributed by atoms with E-state index in [2.05, 4.69) is 25.3 Å². The molecule has 0 spiro atoms. The van der Waals surface area contributed by atoms with Crippen molar-refractivity contribution in [1.29, 1.82) is 0 Å². The van der Waals surface area contributed by atoms with Crippen LogP contribution in [0, 0.1) is 0 Å². The fourth-order valence-electron chi connectivity index (χ4n) is 2.94. The Morgan fingerprint density at radius 2 is 2.07 bits per heavy atom. The summed E-state index contributed by atoms with van der Waals surface area (Å²) in [6, 6.07) is 3.87. The van der Waals surface area contributed by atoms with Crippen molar-refractivity contribution in [2.45, 2.75) is 0 Å². The molecule has 1 N–H and O–H groups in total. The molecule has 0 amide bonds. The van der Waals surface area contributed by atoms with Crippen molar-refractivity contribution in [3.63, 3.8) is 0 Å². The maximum atomic E-state index is 5.78. The highest BCUT2D eigenvalue weighted by atomic mass is 32.1. The number of hydrogen-bond acceptors (Lipinski definition) is 9. The van der Waals surface area contributed by atoms with Gasteiger partial charge in [-0.1, -0.05) is 11.3 Å². The van der Waals surface area contributed by atoms with E-state index in [-0.39, 0.29) is 0 Å². The highest BCUT2D eigenvalue weighted by Crippen LogP contribution is 2.26. The molecule has 3 aromatic heterocycles. The molecule has 0 bridgehead atoms. The maximum absolute atomic E-state index is 5.78. The Morgan fingerprint density at radius 1 is 1.18 bits per heavy atom. The first-order valence-corrected chi connectivity index (χ1v) is 10.1. The molecule has 0 atom stereocenters. The number of rotatable bonds is 9. The van der Waals surface area contributed by atoms with E-state index in [1.54, 1.807) is 13.3 Å². The number of methoxy groups -OCH3 is 1. The second kappa shape index (κ2) is 9.28. The summed E-state index contributed by atoms with van der Waals surface area (Å²) in [5.74, 6) is 0.623. The van der Waals surface area contributed by atoms with Crippen LogP contribution in [-0.2, 0) is 9.47 Å². The molecule has 28 heavy (non-hydrogen) atoms. The van der Waals surface area contributed by atoms with Crippen molar-refractivity contribution >= 4 is 21.4 Å². The number of ether oxygens (including phenoxy) is 3. The zero-order chi connectivity index (χ0) is 19.2. The van der Waals surface area contributed by atoms with E-state index in [1.807, 2.05) is 22.8 Å². The van der Waals surface area contributed by atoms with Gasteiger partial charge in [-0.2, -0.15) is 0 Å². The SMILES string of the molecule is COCCNc1nn2c(-c3ccc(OCCN4CCOCC4)nc3)cnc2s1. The van der Waals surface area contributed by atoms with Crippen LogP contribution in [0.3, 0.4) is 0 Å². The molecule has 0 aromatic carbocycles. The molecule has 0 radical (unpaired) electrons. The zero-order valence-corrected chi connectivity index (χ0v) is 16.7. The summed E-state index contributed by atoms with van der Waals surface area (Å²) >= 11 is 1.51. The van der Waals surface area contributed by atoms with Gasteiger partial charge in [-0.05, 0) is 6.07 Å². The maximum Gasteiger partial charge on any atom is 0.214 e. The molecule has 4 rings (SSSR count). The average Bonchev–Trinajstić information content (AvgIpc) is 3.30. The molecule has 9 nitrogen and oxygen atoms in total. The average molecular weight is 404 g/mol. The molecule has 1 aliphatic rings. The zero-order valence-electron chi connectivity index (χ0n) is 15.8. The Bertz CT molecular complexity index is 875. The van der Waals surface area contributed by atoms with Crippen molar-refractivity contribution in [3.05, 3.63) is 24.5 Å². The molecule has 150 valence electrons. The third-order valence-corrected chi connectivity index (χ3v) is 5.34. The van der Waals surface area contributed by atoms with Crippen LogP contribution < -0.4 is 10.1 Å². The summed E-state index contributed by atoms with van der Waals surface area (Å²) in [6.45, 7) is 6.36. The Labute approximate surface area is 167 Å². The molecular weight excluding hydrogens is 380 g/mol. The lowest BCUT2D eigenvalue weighted by Gasteiger charge is -2.26. The fraction of sp³-hybridized carbons (Fsp3) is 0.500. The number of aromatic nitrogens is 4. The van der Waals surface area contributed by atoms with Gasteiger partial charge in [0.25, 0.3) is 0 Å². The number of nitrogens with one attached hydrogen (secondary N) is 1. The van der Waals surface area contributed by atoms with Crippen molar-refractivity contribution in [2.75, 3.05) is 65.0 Å². The van der Waals surface area contributed by atoms with Gasteiger partial charge >= 0.3 is 0 Å². The van der Waals surface area contributed by atoms with Gasteiger partial charge in [-0.25, -0.2) is 14.5 Å². The van der Waals surface area contributed by atoms with E-state index in [1.165, 1.54) is 11.3 Å². The minimum atomic E-state index is 0.617. The number of fused-ring (bicyclic) bond motifs is 1. The summed E-state index contributed by atoms with van der Waals surface area (Å²) in [5, 5.41) is 8.63. The second-order valence-corrected chi connectivity index (χ2v) is 7.31. The van der Waals surface area contributed by atoms with Crippen molar-refractivity contribution < 1.29 is 14.2 Å². The highest BCUT2D eigenvalue weighted by molar-refractivity contribution is 7.20. The van der Waals surface area contributed by atoms with Crippen molar-refractivity contribution in [2.24, 2.45) is 0 Å². The first kappa shape index (κ1) is 19.1. The van der Waals surface area contributed by atoms with Crippen LogP contribution >= 0.6 is 11.3 Å². The summed E-state index contributed by atoms with van der Waals surface area (Å²) in [7, 11) is 1.68. The predicted octanol–water partition coefficient (Wildman–Crippen LogP) is 1.62. The van der Waals surface area contributed by atoms with Crippen molar-refractivity contribution in [1.82, 2.24) is 24.5 Å². The van der Waals surface area contributed by atoms with Gasteiger partial charge in [0.2, 0.25) is 16.0 Å². The van der Waals surface area contributed by atoms with E-state index < -0.39 is 0 Å². The van der Waals surface area contributed by atoms with E-state index in [0.717, 1.165) is 54.2 Å². The fourth-order valence-corrected chi connectivity index (χ4v) is 3.74. The monoisotopic (exact) mass is 404 g/mol. The third-order valence-electron chi connectivity index (χ3n) is 4.46. The Kier molecular flexibility index (Phi) is 6.32. The molecule has 1 aliphatic heterocycles. The van der Waals surface area contributed by atoms with E-state index >= 15 is 0 Å². The lowest BCUT2D eigenvalue weighted by Crippen LogP contribution is -2.38. The van der Waals surface area contributed by atoms with Gasteiger partial charge in [-0.3, -0.25) is 4.90 Å². The van der Waals surface area contributed by atoms with E-state index in [4.69, 9.17) is 14.2 Å². The van der Waals surface area contributed by atoms with Crippen LogP contribution in [0.1, 0.15) is 0 Å². The number of hydrogen-bond donors (Lipinski definition) is 1. The summed E-state index contributed by atoms with van der Waals surface area (Å²) < 4.78 is 18.0. The van der Waals surface area contributed by atoms with Gasteiger partial charge < -0.3 is 19.5 Å². The van der Waals surface area contributed by atoms with E-state index in [0.29, 0.717) is 25.6 Å². The molecule has 3 aromatic rings. The molecule has 0 unspecified atom stereocenters. The van der Waals surface area contributed by atoms with Crippen LogP contribution in [0.2, 0.25) is 0 Å². The van der Waals surface area contributed by atoms with Gasteiger partial charge in [-0.15, -0.1) is 5.10 Å². The molecule has 1 fully saturated rings. The minimum Gasteiger partial charge on any atom is -0.476 e. The lowest BCUT2D eigenvalue weighted by molar-refractivity contribution is 0.0320. The highest BCUT2D eigenvalue weighted by Gasteiger charge is 2.13. The van der Waals surface area contributed by atoms with Crippen LogP contribution in [0.15, 0.2) is 24.5 Å². The number of nitrogens with zero attached hydrogens (tertiary/aromatic N) is 5.